The van der Waals surface area contributed by atoms with E-state index in [1.54, 1.807) is 35.2 Å². The fourth-order valence-electron chi connectivity index (χ4n) is 2.19. The van der Waals surface area contributed by atoms with E-state index in [1.165, 1.54) is 0 Å². The van der Waals surface area contributed by atoms with E-state index < -0.39 is 15.0 Å². The molecule has 1 fully saturated rings. The van der Waals surface area contributed by atoms with Crippen LogP contribution in [0.2, 0.25) is 0 Å². The zero-order valence-corrected chi connectivity index (χ0v) is 12.2. The van der Waals surface area contributed by atoms with E-state index in [9.17, 15) is 13.2 Å². The Morgan fingerprint density at radius 3 is 2.71 bits per heavy atom. The third-order valence-electron chi connectivity index (χ3n) is 3.30. The van der Waals surface area contributed by atoms with Gasteiger partial charge in [-0.3, -0.25) is 4.79 Å². The van der Waals surface area contributed by atoms with Gasteiger partial charge in [0.15, 0.2) is 0 Å². The van der Waals surface area contributed by atoms with E-state index in [1.807, 2.05) is 0 Å². The van der Waals surface area contributed by atoms with E-state index in [0.717, 1.165) is 6.26 Å². The van der Waals surface area contributed by atoms with Gasteiger partial charge in [-0.15, -0.1) is 0 Å². The molecule has 1 atom stereocenters. The van der Waals surface area contributed by atoms with Crippen molar-refractivity contribution in [3.63, 3.8) is 0 Å². The summed E-state index contributed by atoms with van der Waals surface area (Å²) in [7, 11) is -3.72. The van der Waals surface area contributed by atoms with E-state index in [4.69, 9.17) is 9.47 Å². The van der Waals surface area contributed by atoms with Gasteiger partial charge in [0.1, 0.15) is 12.3 Å². The summed E-state index contributed by atoms with van der Waals surface area (Å²) in [6.07, 6.45) is 1.27. The van der Waals surface area contributed by atoms with Crippen LogP contribution < -0.4 is 4.74 Å². The highest BCUT2D eigenvalue weighted by Gasteiger charge is 2.55. The topological polar surface area (TPSA) is 85.3 Å². The second kappa shape index (κ2) is 4.73. The summed E-state index contributed by atoms with van der Waals surface area (Å²) in [5.41, 5.74) is 0. The quantitative estimate of drug-likeness (QED) is 0.802. The third-order valence-corrected chi connectivity index (χ3v) is 4.72. The van der Waals surface area contributed by atoms with Crippen molar-refractivity contribution in [1.82, 2.24) is 4.90 Å². The van der Waals surface area contributed by atoms with Crippen molar-refractivity contribution < 1.29 is 22.7 Å². The van der Waals surface area contributed by atoms with Crippen LogP contribution in [0.1, 0.15) is 6.42 Å². The summed E-state index contributed by atoms with van der Waals surface area (Å²) in [5, 5.41) is -1.88. The Morgan fingerprint density at radius 2 is 2.05 bits per heavy atom. The van der Waals surface area contributed by atoms with Crippen molar-refractivity contribution in [2.45, 2.75) is 11.5 Å². The summed E-state index contributed by atoms with van der Waals surface area (Å²) in [5.74, 6) is 0.0416. The molecule has 0 saturated carbocycles. The molecule has 2 heterocycles. The minimum Gasteiger partial charge on any atom is -0.439 e. The van der Waals surface area contributed by atoms with Crippen LogP contribution in [0.5, 0.6) is 5.75 Å². The predicted octanol–water partition coefficient (Wildman–Crippen LogP) is 0.382. The van der Waals surface area contributed by atoms with Crippen LogP contribution in [0.4, 0.5) is 0 Å². The average Bonchev–Trinajstić information content (AvgIpc) is 2.78. The van der Waals surface area contributed by atoms with Gasteiger partial charge < -0.3 is 14.4 Å². The number of ether oxygens (including phenoxy) is 2. The van der Waals surface area contributed by atoms with Crippen molar-refractivity contribution in [2.75, 3.05) is 19.3 Å². The SMILES string of the molecule is CS(=O)(=O)C1(Oc2ccccc2)CN2CCC(=O)N=C2O1. The molecule has 21 heavy (non-hydrogen) atoms. The molecule has 0 aliphatic carbocycles. The number of amidine groups is 1. The summed E-state index contributed by atoms with van der Waals surface area (Å²) in [6, 6.07) is 8.54. The smallest absolute Gasteiger partial charge is 0.376 e. The van der Waals surface area contributed by atoms with E-state index >= 15 is 0 Å². The zero-order chi connectivity index (χ0) is 15.1. The second-order valence-corrected chi connectivity index (χ2v) is 7.10. The molecule has 3 rings (SSSR count). The minimum absolute atomic E-state index is 0.00704. The number of para-hydroxylation sites is 1. The lowest BCUT2D eigenvalue weighted by atomic mass is 10.3. The van der Waals surface area contributed by atoms with Crippen LogP contribution in [-0.2, 0) is 19.4 Å². The van der Waals surface area contributed by atoms with Crippen molar-refractivity contribution in [3.8, 4) is 5.75 Å². The molecule has 0 N–H and O–H groups in total. The lowest BCUT2D eigenvalue weighted by molar-refractivity contribution is -0.118. The molecule has 1 amide bonds. The van der Waals surface area contributed by atoms with E-state index in [2.05, 4.69) is 4.99 Å². The first kappa shape index (κ1) is 13.9. The monoisotopic (exact) mass is 310 g/mol. The largest absolute Gasteiger partial charge is 0.439 e. The number of benzene rings is 1. The Morgan fingerprint density at radius 1 is 1.33 bits per heavy atom. The summed E-state index contributed by atoms with van der Waals surface area (Å²) in [4.78, 5) is 16.7. The first-order valence-corrected chi connectivity index (χ1v) is 8.28. The van der Waals surface area contributed by atoms with Gasteiger partial charge in [-0.25, -0.2) is 8.42 Å². The molecule has 7 nitrogen and oxygen atoms in total. The van der Waals surface area contributed by atoms with Gasteiger partial charge >= 0.3 is 5.12 Å². The maximum Gasteiger partial charge on any atom is 0.376 e. The number of amides is 1. The Kier molecular flexibility index (Phi) is 3.12. The zero-order valence-electron chi connectivity index (χ0n) is 11.4. The van der Waals surface area contributed by atoms with Crippen LogP contribution in [0.25, 0.3) is 0 Å². The molecule has 0 bridgehead atoms. The highest BCUT2D eigenvalue weighted by molar-refractivity contribution is 7.91. The number of hydrogen-bond acceptors (Lipinski definition) is 6. The Labute approximate surface area is 122 Å². The summed E-state index contributed by atoms with van der Waals surface area (Å²) >= 11 is 0. The van der Waals surface area contributed by atoms with Crippen LogP contribution in [0.3, 0.4) is 0 Å². The van der Waals surface area contributed by atoms with Crippen LogP contribution in [-0.4, -0.2) is 49.7 Å². The number of sulfone groups is 1. The number of hydrogen-bond donors (Lipinski definition) is 0. The molecule has 0 spiro atoms. The number of nitrogens with zero attached hydrogens (tertiary/aromatic N) is 2. The Bertz CT molecular complexity index is 701. The number of carbonyl (C=O) groups is 1. The second-order valence-electron chi connectivity index (χ2n) is 4.93. The van der Waals surface area contributed by atoms with Gasteiger partial charge in [0.2, 0.25) is 9.84 Å². The van der Waals surface area contributed by atoms with Crippen molar-refractivity contribution in [2.24, 2.45) is 4.99 Å². The number of rotatable bonds is 3. The molecule has 1 aromatic carbocycles. The Balaban J connectivity index is 1.98. The fraction of sp³-hybridized carbons (Fsp3) is 0.385. The Hall–Kier alpha value is -2.09. The molecule has 1 unspecified atom stereocenters. The minimum atomic E-state index is -3.72. The van der Waals surface area contributed by atoms with E-state index in [-0.39, 0.29) is 24.9 Å². The van der Waals surface area contributed by atoms with Gasteiger partial charge in [-0.2, -0.15) is 4.99 Å². The molecule has 112 valence electrons. The lowest BCUT2D eigenvalue weighted by Gasteiger charge is -2.25. The van der Waals surface area contributed by atoms with Gasteiger partial charge in [-0.1, -0.05) is 18.2 Å². The number of aliphatic imine (C=N–C) groups is 1. The number of carbonyl (C=O) groups excluding carboxylic acids is 1. The first-order chi connectivity index (χ1) is 9.90. The highest BCUT2D eigenvalue weighted by atomic mass is 32.2. The standard InChI is InChI=1S/C13H14N2O5S/c1-21(17,18)13(19-10-5-3-2-4-6-10)9-15-8-7-11(16)14-12(15)20-13/h2-6H,7-9H2,1H3. The maximum absolute atomic E-state index is 12.2. The van der Waals surface area contributed by atoms with Gasteiger partial charge in [0.25, 0.3) is 11.9 Å². The molecular formula is C13H14N2O5S. The summed E-state index contributed by atoms with van der Waals surface area (Å²) in [6.45, 7) is 0.347. The molecule has 1 aromatic rings. The molecule has 2 aliphatic heterocycles. The van der Waals surface area contributed by atoms with Crippen molar-refractivity contribution in [1.29, 1.82) is 0 Å². The summed E-state index contributed by atoms with van der Waals surface area (Å²) < 4.78 is 35.4. The molecule has 1 saturated heterocycles. The first-order valence-electron chi connectivity index (χ1n) is 6.39. The van der Waals surface area contributed by atoms with E-state index in [0.29, 0.717) is 12.3 Å². The number of fused-ring (bicyclic) bond motifs is 1. The predicted molar refractivity (Wildman–Crippen MR) is 74.4 cm³/mol. The highest BCUT2D eigenvalue weighted by Crippen LogP contribution is 2.32. The molecule has 8 heteroatoms. The molecule has 0 aromatic heterocycles. The lowest BCUT2D eigenvalue weighted by Crippen LogP contribution is -2.47. The van der Waals surface area contributed by atoms with Crippen molar-refractivity contribution in [3.05, 3.63) is 30.3 Å². The van der Waals surface area contributed by atoms with Gasteiger partial charge in [0, 0.05) is 19.2 Å². The third kappa shape index (κ3) is 2.46. The van der Waals surface area contributed by atoms with Crippen LogP contribution in [0, 0.1) is 0 Å². The molecule has 2 aliphatic rings. The van der Waals surface area contributed by atoms with Gasteiger partial charge in [0.05, 0.1) is 0 Å². The average molecular weight is 310 g/mol. The van der Waals surface area contributed by atoms with Gasteiger partial charge in [-0.05, 0) is 12.1 Å². The molecular weight excluding hydrogens is 296 g/mol. The van der Waals surface area contributed by atoms with Crippen LogP contribution >= 0.6 is 0 Å². The normalized spacial score (nSPS) is 25.1. The maximum atomic E-state index is 12.2. The van der Waals surface area contributed by atoms with Crippen molar-refractivity contribution >= 4 is 21.8 Å². The molecule has 0 radical (unpaired) electrons. The van der Waals surface area contributed by atoms with Crippen LogP contribution in [0.15, 0.2) is 35.3 Å². The fourth-order valence-corrected chi connectivity index (χ4v) is 3.05.